The zero-order valence-corrected chi connectivity index (χ0v) is 14.1. The summed E-state index contributed by atoms with van der Waals surface area (Å²) in [6.45, 7) is 9.76. The van der Waals surface area contributed by atoms with Crippen LogP contribution >= 0.6 is 0 Å². The van der Waals surface area contributed by atoms with Gasteiger partial charge in [-0.25, -0.2) is 9.59 Å². The number of rotatable bonds is 7. The molecule has 1 aromatic carbocycles. The van der Waals surface area contributed by atoms with Gasteiger partial charge in [0.05, 0.1) is 11.1 Å². The summed E-state index contributed by atoms with van der Waals surface area (Å²) in [4.78, 5) is 23.4. The molecule has 1 unspecified atom stereocenters. The molecule has 122 valence electrons. The van der Waals surface area contributed by atoms with Crippen LogP contribution in [0.25, 0.3) is 0 Å². The zero-order chi connectivity index (χ0) is 17.1. The van der Waals surface area contributed by atoms with Crippen LogP contribution in [0.1, 0.15) is 91.6 Å². The second-order valence-electron chi connectivity index (χ2n) is 6.53. The lowest BCUT2D eigenvalue weighted by atomic mass is 9.75. The van der Waals surface area contributed by atoms with Crippen LogP contribution in [0.2, 0.25) is 0 Å². The van der Waals surface area contributed by atoms with Gasteiger partial charge in [0.25, 0.3) is 0 Å². The third-order valence-corrected chi connectivity index (χ3v) is 4.47. The highest BCUT2D eigenvalue weighted by Gasteiger charge is 2.31. The first-order valence-corrected chi connectivity index (χ1v) is 7.80. The first-order valence-electron chi connectivity index (χ1n) is 7.80. The lowest BCUT2D eigenvalue weighted by Crippen LogP contribution is -2.25. The summed E-state index contributed by atoms with van der Waals surface area (Å²) < 4.78 is 0. The van der Waals surface area contributed by atoms with E-state index in [1.165, 1.54) is 0 Å². The maximum absolute atomic E-state index is 11.7. The van der Waals surface area contributed by atoms with Gasteiger partial charge in [-0.05, 0) is 47.4 Å². The van der Waals surface area contributed by atoms with Crippen LogP contribution in [0.4, 0.5) is 0 Å². The largest absolute Gasteiger partial charge is 0.478 e. The standard InChI is InChI=1S/C18H26O4/c1-6-8-11(3)12-9-13(16(19)20)15(18(4,5)7-2)14(10-12)17(21)22/h9-11H,6-8H2,1-5H3,(H,19,20)(H,21,22). The quantitative estimate of drug-likeness (QED) is 0.767. The van der Waals surface area contributed by atoms with E-state index in [0.717, 1.165) is 18.4 Å². The van der Waals surface area contributed by atoms with E-state index in [-0.39, 0.29) is 17.0 Å². The van der Waals surface area contributed by atoms with Crippen molar-refractivity contribution in [3.63, 3.8) is 0 Å². The van der Waals surface area contributed by atoms with Crippen molar-refractivity contribution in [3.8, 4) is 0 Å². The Balaban J connectivity index is 3.68. The number of carboxylic acids is 2. The van der Waals surface area contributed by atoms with Crippen molar-refractivity contribution in [1.29, 1.82) is 0 Å². The molecule has 0 aliphatic carbocycles. The van der Waals surface area contributed by atoms with E-state index >= 15 is 0 Å². The molecule has 1 rings (SSSR count). The Labute approximate surface area is 132 Å². The van der Waals surface area contributed by atoms with Gasteiger partial charge in [-0.3, -0.25) is 0 Å². The molecule has 0 saturated heterocycles. The molecule has 4 heteroatoms. The fraction of sp³-hybridized carbons (Fsp3) is 0.556. The topological polar surface area (TPSA) is 74.6 Å². The van der Waals surface area contributed by atoms with Crippen LogP contribution in [-0.2, 0) is 5.41 Å². The van der Waals surface area contributed by atoms with Crippen molar-refractivity contribution in [2.24, 2.45) is 0 Å². The van der Waals surface area contributed by atoms with E-state index in [2.05, 4.69) is 6.92 Å². The molecule has 22 heavy (non-hydrogen) atoms. The first-order chi connectivity index (χ1) is 10.2. The zero-order valence-electron chi connectivity index (χ0n) is 14.1. The number of carbonyl (C=O) groups is 2. The van der Waals surface area contributed by atoms with E-state index < -0.39 is 17.4 Å². The minimum atomic E-state index is -1.07. The summed E-state index contributed by atoms with van der Waals surface area (Å²) in [5, 5.41) is 19.1. The predicted octanol–water partition coefficient (Wildman–Crippen LogP) is 4.67. The van der Waals surface area contributed by atoms with Crippen molar-refractivity contribution in [1.82, 2.24) is 0 Å². The molecular weight excluding hydrogens is 280 g/mol. The van der Waals surface area contributed by atoms with E-state index in [4.69, 9.17) is 0 Å². The summed E-state index contributed by atoms with van der Waals surface area (Å²) in [5.41, 5.74) is 0.928. The molecule has 0 bridgehead atoms. The summed E-state index contributed by atoms with van der Waals surface area (Å²) in [6, 6.07) is 3.31. The Morgan fingerprint density at radius 1 is 1.09 bits per heavy atom. The monoisotopic (exact) mass is 306 g/mol. The molecule has 0 fully saturated rings. The molecule has 0 aromatic heterocycles. The molecule has 1 aromatic rings. The predicted molar refractivity (Wildman–Crippen MR) is 87.0 cm³/mol. The minimum absolute atomic E-state index is 0.115. The van der Waals surface area contributed by atoms with Crippen LogP contribution < -0.4 is 0 Å². The van der Waals surface area contributed by atoms with Crippen LogP contribution in [0.3, 0.4) is 0 Å². The molecule has 0 aliphatic rings. The third kappa shape index (κ3) is 3.67. The lowest BCUT2D eigenvalue weighted by molar-refractivity contribution is 0.0691. The Bertz CT molecular complexity index is 537. The van der Waals surface area contributed by atoms with Gasteiger partial charge in [-0.2, -0.15) is 0 Å². The molecule has 1 atom stereocenters. The molecular formula is C18H26O4. The molecule has 0 aliphatic heterocycles. The van der Waals surface area contributed by atoms with Gasteiger partial charge in [-0.15, -0.1) is 0 Å². The minimum Gasteiger partial charge on any atom is -0.478 e. The van der Waals surface area contributed by atoms with E-state index in [0.29, 0.717) is 12.0 Å². The van der Waals surface area contributed by atoms with Crippen LogP contribution in [0.15, 0.2) is 12.1 Å². The van der Waals surface area contributed by atoms with Crippen molar-refractivity contribution >= 4 is 11.9 Å². The summed E-state index contributed by atoms with van der Waals surface area (Å²) in [5.74, 6) is -1.99. The molecule has 4 nitrogen and oxygen atoms in total. The normalized spacial score (nSPS) is 13.0. The van der Waals surface area contributed by atoms with Crippen LogP contribution in [0.5, 0.6) is 0 Å². The highest BCUT2D eigenvalue weighted by atomic mass is 16.4. The van der Waals surface area contributed by atoms with Crippen LogP contribution in [0, 0.1) is 0 Å². The van der Waals surface area contributed by atoms with Gasteiger partial charge < -0.3 is 10.2 Å². The molecule has 0 heterocycles. The van der Waals surface area contributed by atoms with Gasteiger partial charge in [0.2, 0.25) is 0 Å². The summed E-state index contributed by atoms with van der Waals surface area (Å²) in [7, 11) is 0. The van der Waals surface area contributed by atoms with Crippen molar-refractivity contribution in [3.05, 3.63) is 34.4 Å². The average Bonchev–Trinajstić information content (AvgIpc) is 2.45. The molecule has 0 saturated carbocycles. The Kier molecular flexibility index (Phi) is 5.75. The van der Waals surface area contributed by atoms with Gasteiger partial charge in [0.1, 0.15) is 0 Å². The number of hydrogen-bond acceptors (Lipinski definition) is 2. The number of carboxylic acid groups (broad SMARTS) is 2. The Morgan fingerprint density at radius 3 is 1.86 bits per heavy atom. The van der Waals surface area contributed by atoms with Gasteiger partial charge >= 0.3 is 11.9 Å². The SMILES string of the molecule is CCCC(C)c1cc(C(=O)O)c(C(C)(C)CC)c(C(=O)O)c1. The van der Waals surface area contributed by atoms with E-state index in [1.807, 2.05) is 27.7 Å². The lowest BCUT2D eigenvalue weighted by Gasteiger charge is -2.28. The van der Waals surface area contributed by atoms with E-state index in [1.54, 1.807) is 12.1 Å². The fourth-order valence-corrected chi connectivity index (χ4v) is 2.79. The Morgan fingerprint density at radius 2 is 1.55 bits per heavy atom. The number of hydrogen-bond donors (Lipinski definition) is 2. The fourth-order valence-electron chi connectivity index (χ4n) is 2.79. The Hall–Kier alpha value is -1.84. The summed E-state index contributed by atoms with van der Waals surface area (Å²) >= 11 is 0. The molecule has 0 radical (unpaired) electrons. The maximum Gasteiger partial charge on any atom is 0.336 e. The third-order valence-electron chi connectivity index (χ3n) is 4.47. The number of benzene rings is 1. The maximum atomic E-state index is 11.7. The van der Waals surface area contributed by atoms with E-state index in [9.17, 15) is 19.8 Å². The molecule has 0 amide bonds. The second kappa shape index (κ2) is 6.95. The first kappa shape index (κ1) is 18.2. The summed E-state index contributed by atoms with van der Waals surface area (Å²) in [6.07, 6.45) is 2.53. The van der Waals surface area contributed by atoms with Crippen molar-refractivity contribution in [2.75, 3.05) is 0 Å². The average molecular weight is 306 g/mol. The van der Waals surface area contributed by atoms with Gasteiger partial charge in [0.15, 0.2) is 0 Å². The van der Waals surface area contributed by atoms with Crippen LogP contribution in [-0.4, -0.2) is 22.2 Å². The smallest absolute Gasteiger partial charge is 0.336 e. The van der Waals surface area contributed by atoms with Gasteiger partial charge in [-0.1, -0.05) is 41.0 Å². The second-order valence-corrected chi connectivity index (χ2v) is 6.53. The highest BCUT2D eigenvalue weighted by molar-refractivity contribution is 5.97. The molecule has 0 spiro atoms. The molecule has 2 N–H and O–H groups in total. The van der Waals surface area contributed by atoms with Crippen molar-refractivity contribution in [2.45, 2.75) is 65.2 Å². The van der Waals surface area contributed by atoms with Gasteiger partial charge in [0, 0.05) is 0 Å². The van der Waals surface area contributed by atoms with Crippen molar-refractivity contribution < 1.29 is 19.8 Å². The number of aromatic carboxylic acids is 2. The highest BCUT2D eigenvalue weighted by Crippen LogP contribution is 2.35.